The van der Waals surface area contributed by atoms with Crippen LogP contribution in [0.3, 0.4) is 0 Å². The van der Waals surface area contributed by atoms with Crippen LogP contribution in [0, 0.1) is 6.92 Å². The summed E-state index contributed by atoms with van der Waals surface area (Å²) in [5, 5.41) is 0. The molecule has 0 radical (unpaired) electrons. The lowest BCUT2D eigenvalue weighted by Crippen LogP contribution is -2.54. The first-order chi connectivity index (χ1) is 6.24. The second-order valence-electron chi connectivity index (χ2n) is 3.72. The number of rotatable bonds is 2. The van der Waals surface area contributed by atoms with Crippen molar-refractivity contribution in [3.63, 3.8) is 0 Å². The van der Waals surface area contributed by atoms with Crippen LogP contribution in [-0.4, -0.2) is 29.0 Å². The number of hydrogen-bond acceptors (Lipinski definition) is 3. The van der Waals surface area contributed by atoms with Gasteiger partial charge in [0, 0.05) is 31.4 Å². The molecule has 1 fully saturated rings. The monoisotopic (exact) mass is 177 g/mol. The van der Waals surface area contributed by atoms with E-state index in [1.807, 2.05) is 13.0 Å². The zero-order chi connectivity index (χ0) is 9.26. The molecule has 1 saturated heterocycles. The van der Waals surface area contributed by atoms with Crippen molar-refractivity contribution in [1.82, 2.24) is 9.88 Å². The first-order valence-electron chi connectivity index (χ1n) is 4.64. The third kappa shape index (κ3) is 2.05. The fourth-order valence-corrected chi connectivity index (χ4v) is 1.66. The largest absolute Gasteiger partial charge is 0.325 e. The Morgan fingerprint density at radius 1 is 1.54 bits per heavy atom. The van der Waals surface area contributed by atoms with Gasteiger partial charge in [-0.2, -0.15) is 0 Å². The van der Waals surface area contributed by atoms with Crippen LogP contribution in [-0.2, 0) is 6.54 Å². The number of likely N-dealkylation sites (tertiary alicyclic amines) is 1. The number of aryl methyl sites for hydroxylation is 1. The molecule has 2 rings (SSSR count). The highest BCUT2D eigenvalue weighted by molar-refractivity contribution is 5.10. The van der Waals surface area contributed by atoms with Crippen LogP contribution < -0.4 is 5.73 Å². The number of pyridine rings is 1. The summed E-state index contributed by atoms with van der Waals surface area (Å²) in [6, 6.07) is 6.52. The van der Waals surface area contributed by atoms with E-state index in [4.69, 9.17) is 5.73 Å². The Labute approximate surface area is 78.6 Å². The molecule has 2 heterocycles. The standard InChI is InChI=1S/C10H15N3/c1-8-3-2-4-10(12-8)7-13-5-9(11)6-13/h2-4,9H,5-7,11H2,1H3. The van der Waals surface area contributed by atoms with Gasteiger partial charge in [0.15, 0.2) is 0 Å². The molecule has 0 unspecified atom stereocenters. The second-order valence-corrected chi connectivity index (χ2v) is 3.72. The molecular formula is C10H15N3. The zero-order valence-electron chi connectivity index (χ0n) is 7.90. The topological polar surface area (TPSA) is 42.1 Å². The maximum Gasteiger partial charge on any atom is 0.0547 e. The highest BCUT2D eigenvalue weighted by Gasteiger charge is 2.22. The molecule has 3 nitrogen and oxygen atoms in total. The second kappa shape index (κ2) is 3.44. The summed E-state index contributed by atoms with van der Waals surface area (Å²) in [5.74, 6) is 0. The van der Waals surface area contributed by atoms with Crippen LogP contribution in [0.4, 0.5) is 0 Å². The highest BCUT2D eigenvalue weighted by atomic mass is 15.2. The van der Waals surface area contributed by atoms with Crippen LogP contribution >= 0.6 is 0 Å². The quantitative estimate of drug-likeness (QED) is 0.716. The fourth-order valence-electron chi connectivity index (χ4n) is 1.66. The first-order valence-corrected chi connectivity index (χ1v) is 4.64. The molecule has 1 aliphatic rings. The van der Waals surface area contributed by atoms with Crippen molar-refractivity contribution in [1.29, 1.82) is 0 Å². The van der Waals surface area contributed by atoms with E-state index >= 15 is 0 Å². The molecule has 1 aromatic heterocycles. The molecule has 13 heavy (non-hydrogen) atoms. The van der Waals surface area contributed by atoms with Gasteiger partial charge >= 0.3 is 0 Å². The Morgan fingerprint density at radius 2 is 2.31 bits per heavy atom. The number of nitrogens with two attached hydrogens (primary N) is 1. The molecule has 0 saturated carbocycles. The molecule has 0 bridgehead atoms. The zero-order valence-corrected chi connectivity index (χ0v) is 7.90. The molecule has 3 heteroatoms. The minimum Gasteiger partial charge on any atom is -0.325 e. The Kier molecular flexibility index (Phi) is 2.29. The van der Waals surface area contributed by atoms with Crippen LogP contribution in [0.25, 0.3) is 0 Å². The molecule has 70 valence electrons. The van der Waals surface area contributed by atoms with Gasteiger partial charge in [-0.3, -0.25) is 9.88 Å². The molecule has 0 aliphatic carbocycles. The van der Waals surface area contributed by atoms with Crippen LogP contribution in [0.5, 0.6) is 0 Å². The summed E-state index contributed by atoms with van der Waals surface area (Å²) in [6.07, 6.45) is 0. The molecular weight excluding hydrogens is 162 g/mol. The van der Waals surface area contributed by atoms with Crippen molar-refractivity contribution in [2.45, 2.75) is 19.5 Å². The van der Waals surface area contributed by atoms with Crippen molar-refractivity contribution >= 4 is 0 Å². The lowest BCUT2D eigenvalue weighted by Gasteiger charge is -2.36. The van der Waals surface area contributed by atoms with E-state index in [0.29, 0.717) is 6.04 Å². The lowest BCUT2D eigenvalue weighted by molar-refractivity contribution is 0.140. The van der Waals surface area contributed by atoms with Gasteiger partial charge in [0.2, 0.25) is 0 Å². The summed E-state index contributed by atoms with van der Waals surface area (Å²) in [5.41, 5.74) is 7.92. The van der Waals surface area contributed by atoms with Crippen molar-refractivity contribution in [3.05, 3.63) is 29.6 Å². The maximum atomic E-state index is 5.69. The number of aromatic nitrogens is 1. The van der Waals surface area contributed by atoms with Crippen molar-refractivity contribution < 1.29 is 0 Å². The van der Waals surface area contributed by atoms with Gasteiger partial charge < -0.3 is 5.73 Å². The maximum absolute atomic E-state index is 5.69. The lowest BCUT2D eigenvalue weighted by atomic mass is 10.1. The minimum atomic E-state index is 0.379. The van der Waals surface area contributed by atoms with E-state index in [1.54, 1.807) is 0 Å². The van der Waals surface area contributed by atoms with E-state index in [0.717, 1.165) is 31.0 Å². The van der Waals surface area contributed by atoms with Gasteiger partial charge in [-0.05, 0) is 19.1 Å². The average molecular weight is 177 g/mol. The van der Waals surface area contributed by atoms with E-state index < -0.39 is 0 Å². The Hall–Kier alpha value is -0.930. The summed E-state index contributed by atoms with van der Waals surface area (Å²) in [7, 11) is 0. The predicted molar refractivity (Wildman–Crippen MR) is 52.2 cm³/mol. The molecule has 0 amide bonds. The van der Waals surface area contributed by atoms with Gasteiger partial charge in [0.25, 0.3) is 0 Å². The minimum absolute atomic E-state index is 0.379. The molecule has 0 atom stereocenters. The van der Waals surface area contributed by atoms with Crippen molar-refractivity contribution in [2.24, 2.45) is 5.73 Å². The van der Waals surface area contributed by atoms with E-state index in [9.17, 15) is 0 Å². The fraction of sp³-hybridized carbons (Fsp3) is 0.500. The molecule has 1 aliphatic heterocycles. The summed E-state index contributed by atoms with van der Waals surface area (Å²) in [4.78, 5) is 6.75. The average Bonchev–Trinajstić information content (AvgIpc) is 2.01. The third-order valence-electron chi connectivity index (χ3n) is 2.32. The third-order valence-corrected chi connectivity index (χ3v) is 2.32. The van der Waals surface area contributed by atoms with E-state index in [-0.39, 0.29) is 0 Å². The Morgan fingerprint density at radius 3 is 2.92 bits per heavy atom. The van der Waals surface area contributed by atoms with Gasteiger partial charge in [-0.25, -0.2) is 0 Å². The summed E-state index contributed by atoms with van der Waals surface area (Å²) < 4.78 is 0. The smallest absolute Gasteiger partial charge is 0.0547 e. The van der Waals surface area contributed by atoms with Crippen LogP contribution in [0.1, 0.15) is 11.4 Å². The van der Waals surface area contributed by atoms with Gasteiger partial charge in [0.05, 0.1) is 5.69 Å². The Balaban J connectivity index is 1.94. The van der Waals surface area contributed by atoms with E-state index in [2.05, 4.69) is 22.0 Å². The Bertz CT molecular complexity index is 292. The van der Waals surface area contributed by atoms with Crippen LogP contribution in [0.2, 0.25) is 0 Å². The van der Waals surface area contributed by atoms with Gasteiger partial charge in [-0.15, -0.1) is 0 Å². The van der Waals surface area contributed by atoms with E-state index in [1.165, 1.54) is 0 Å². The number of nitrogens with zero attached hydrogens (tertiary/aromatic N) is 2. The molecule has 0 spiro atoms. The number of hydrogen-bond donors (Lipinski definition) is 1. The van der Waals surface area contributed by atoms with Crippen LogP contribution in [0.15, 0.2) is 18.2 Å². The first kappa shape index (κ1) is 8.66. The molecule has 0 aromatic carbocycles. The molecule has 2 N–H and O–H groups in total. The highest BCUT2D eigenvalue weighted by Crippen LogP contribution is 2.10. The summed E-state index contributed by atoms with van der Waals surface area (Å²) >= 11 is 0. The van der Waals surface area contributed by atoms with Crippen molar-refractivity contribution in [2.75, 3.05) is 13.1 Å². The van der Waals surface area contributed by atoms with Crippen molar-refractivity contribution in [3.8, 4) is 0 Å². The normalized spacial score (nSPS) is 18.6. The molecule has 1 aromatic rings. The predicted octanol–water partition coefficient (Wildman–Crippen LogP) is 0.533. The van der Waals surface area contributed by atoms with Gasteiger partial charge in [-0.1, -0.05) is 6.07 Å². The summed E-state index contributed by atoms with van der Waals surface area (Å²) in [6.45, 7) is 4.98. The van der Waals surface area contributed by atoms with Gasteiger partial charge in [0.1, 0.15) is 0 Å². The SMILES string of the molecule is Cc1cccc(CN2CC(N)C2)n1.